The zero-order valence-corrected chi connectivity index (χ0v) is 17.1. The molecule has 1 aromatic carbocycles. The predicted molar refractivity (Wildman–Crippen MR) is 106 cm³/mol. The molecule has 1 aliphatic carbocycles. The molecule has 7 heteroatoms. The topological polar surface area (TPSA) is 87.3 Å². The van der Waals surface area contributed by atoms with Gasteiger partial charge in [0.2, 0.25) is 5.91 Å². The molecule has 3 atom stereocenters. The molecular formula is C21H28N4O3. The summed E-state index contributed by atoms with van der Waals surface area (Å²) >= 11 is 0. The van der Waals surface area contributed by atoms with Crippen LogP contribution >= 0.6 is 0 Å². The highest BCUT2D eigenvalue weighted by atomic mass is 16.6. The standard InChI is InChI=1S/C21H28N4O3/c1-20(2,3)28-19(27)25-10-13-14(11-25)16(13)18(26)22-21(4,5)17-12-8-6-7-9-15(12)23-24-17/h6-9,13-14,16H,10-11H2,1-5H3,(H,22,26)(H,23,24)/t13-,14+,16+. The number of nitrogens with zero attached hydrogens (tertiary/aromatic N) is 2. The number of aromatic amines is 1. The number of nitrogens with one attached hydrogen (secondary N) is 2. The lowest BCUT2D eigenvalue weighted by Gasteiger charge is -2.27. The van der Waals surface area contributed by atoms with Gasteiger partial charge in [0.05, 0.1) is 16.7 Å². The van der Waals surface area contributed by atoms with Crippen molar-refractivity contribution in [3.05, 3.63) is 30.0 Å². The third kappa shape index (κ3) is 3.34. The van der Waals surface area contributed by atoms with Crippen LogP contribution in [0.3, 0.4) is 0 Å². The van der Waals surface area contributed by atoms with Crippen molar-refractivity contribution in [2.45, 2.75) is 45.8 Å². The smallest absolute Gasteiger partial charge is 0.410 e. The van der Waals surface area contributed by atoms with Crippen molar-refractivity contribution in [2.75, 3.05) is 13.1 Å². The number of benzene rings is 1. The van der Waals surface area contributed by atoms with Crippen molar-refractivity contribution in [3.8, 4) is 0 Å². The van der Waals surface area contributed by atoms with Crippen LogP contribution in [0.2, 0.25) is 0 Å². The molecule has 0 unspecified atom stereocenters. The third-order valence-electron chi connectivity index (χ3n) is 5.65. The number of likely N-dealkylation sites (tertiary alicyclic amines) is 1. The molecule has 150 valence electrons. The number of ether oxygens (including phenoxy) is 1. The van der Waals surface area contributed by atoms with Gasteiger partial charge in [0.25, 0.3) is 0 Å². The second kappa shape index (κ2) is 6.22. The van der Waals surface area contributed by atoms with Gasteiger partial charge < -0.3 is 15.0 Å². The summed E-state index contributed by atoms with van der Waals surface area (Å²) in [6.45, 7) is 10.7. The summed E-state index contributed by atoms with van der Waals surface area (Å²) in [5.74, 6) is 0.442. The van der Waals surface area contributed by atoms with Crippen molar-refractivity contribution in [1.29, 1.82) is 0 Å². The first kappa shape index (κ1) is 18.8. The minimum absolute atomic E-state index is 0.0379. The Morgan fingerprint density at radius 2 is 1.79 bits per heavy atom. The summed E-state index contributed by atoms with van der Waals surface area (Å²) in [6, 6.07) is 7.90. The molecule has 2 fully saturated rings. The molecule has 1 aliphatic heterocycles. The first-order valence-electron chi connectivity index (χ1n) is 9.80. The van der Waals surface area contributed by atoms with Crippen LogP contribution in [0.25, 0.3) is 10.9 Å². The molecule has 2 aliphatic rings. The van der Waals surface area contributed by atoms with Crippen molar-refractivity contribution in [3.63, 3.8) is 0 Å². The van der Waals surface area contributed by atoms with Crippen LogP contribution < -0.4 is 5.32 Å². The van der Waals surface area contributed by atoms with Crippen LogP contribution in [0.15, 0.2) is 24.3 Å². The number of hydrogen-bond acceptors (Lipinski definition) is 4. The number of H-pyrrole nitrogens is 1. The van der Waals surface area contributed by atoms with Gasteiger partial charge in [0.1, 0.15) is 5.60 Å². The van der Waals surface area contributed by atoms with Gasteiger partial charge in [-0.3, -0.25) is 9.89 Å². The summed E-state index contributed by atoms with van der Waals surface area (Å²) in [7, 11) is 0. The maximum Gasteiger partial charge on any atom is 0.410 e. The van der Waals surface area contributed by atoms with E-state index in [1.54, 1.807) is 4.90 Å². The van der Waals surface area contributed by atoms with E-state index in [1.807, 2.05) is 58.9 Å². The first-order chi connectivity index (χ1) is 13.1. The molecule has 0 bridgehead atoms. The lowest BCUT2D eigenvalue weighted by Crippen LogP contribution is -2.44. The van der Waals surface area contributed by atoms with E-state index >= 15 is 0 Å². The Bertz CT molecular complexity index is 915. The van der Waals surface area contributed by atoms with E-state index in [1.165, 1.54) is 0 Å². The van der Waals surface area contributed by atoms with Gasteiger partial charge in [-0.05, 0) is 52.5 Å². The first-order valence-corrected chi connectivity index (χ1v) is 9.80. The fraction of sp³-hybridized carbons (Fsp3) is 0.571. The number of carbonyl (C=O) groups is 2. The van der Waals surface area contributed by atoms with Gasteiger partial charge in [0.15, 0.2) is 0 Å². The molecule has 7 nitrogen and oxygen atoms in total. The molecule has 2 N–H and O–H groups in total. The van der Waals surface area contributed by atoms with Gasteiger partial charge in [-0.2, -0.15) is 5.10 Å². The molecule has 2 aromatic rings. The van der Waals surface area contributed by atoms with Crippen LogP contribution in [0.1, 0.15) is 40.3 Å². The maximum atomic E-state index is 12.9. The number of hydrogen-bond donors (Lipinski definition) is 2. The number of carbonyl (C=O) groups excluding carboxylic acids is 2. The minimum atomic E-state index is -0.585. The van der Waals surface area contributed by atoms with Crippen LogP contribution in [0.5, 0.6) is 0 Å². The zero-order valence-electron chi connectivity index (χ0n) is 17.1. The number of piperidine rings is 1. The fourth-order valence-corrected chi connectivity index (χ4v) is 4.28. The predicted octanol–water partition coefficient (Wildman–Crippen LogP) is 3.03. The van der Waals surface area contributed by atoms with Crippen LogP contribution in [0.4, 0.5) is 4.79 Å². The SMILES string of the molecule is CC(C)(C)OC(=O)N1C[C@@H]2[C@H](C1)[C@H]2C(=O)NC(C)(C)c1n[nH]c2ccccc12. The quantitative estimate of drug-likeness (QED) is 0.852. The van der Waals surface area contributed by atoms with Crippen LogP contribution in [0, 0.1) is 17.8 Å². The Morgan fingerprint density at radius 1 is 1.14 bits per heavy atom. The Hall–Kier alpha value is -2.57. The average molecular weight is 384 g/mol. The summed E-state index contributed by atoms with van der Waals surface area (Å²) < 4.78 is 5.43. The van der Waals surface area contributed by atoms with E-state index in [2.05, 4.69) is 15.5 Å². The van der Waals surface area contributed by atoms with Crippen molar-refractivity contribution in [1.82, 2.24) is 20.4 Å². The second-order valence-electron chi connectivity index (χ2n) is 9.47. The Balaban J connectivity index is 1.38. The van der Waals surface area contributed by atoms with Gasteiger partial charge in [0, 0.05) is 24.4 Å². The lowest BCUT2D eigenvalue weighted by atomic mass is 9.96. The minimum Gasteiger partial charge on any atom is -0.444 e. The highest BCUT2D eigenvalue weighted by Gasteiger charge is 2.61. The van der Waals surface area contributed by atoms with Crippen molar-refractivity contribution < 1.29 is 14.3 Å². The monoisotopic (exact) mass is 384 g/mol. The van der Waals surface area contributed by atoms with Gasteiger partial charge in [-0.15, -0.1) is 0 Å². The number of para-hydroxylation sites is 1. The van der Waals surface area contributed by atoms with Crippen LogP contribution in [-0.2, 0) is 15.1 Å². The van der Waals surface area contributed by atoms with E-state index in [4.69, 9.17) is 4.74 Å². The van der Waals surface area contributed by atoms with Gasteiger partial charge in [-0.25, -0.2) is 4.79 Å². The van der Waals surface area contributed by atoms with E-state index in [-0.39, 0.29) is 29.8 Å². The molecule has 1 aromatic heterocycles. The molecule has 4 rings (SSSR count). The number of fused-ring (bicyclic) bond motifs is 2. The molecule has 1 saturated carbocycles. The fourth-order valence-electron chi connectivity index (χ4n) is 4.28. The molecule has 1 saturated heterocycles. The van der Waals surface area contributed by atoms with E-state index in [0.29, 0.717) is 13.1 Å². The van der Waals surface area contributed by atoms with Crippen molar-refractivity contribution >= 4 is 22.9 Å². The molecule has 0 spiro atoms. The molecule has 2 amide bonds. The largest absolute Gasteiger partial charge is 0.444 e. The lowest BCUT2D eigenvalue weighted by molar-refractivity contribution is -0.125. The molecule has 0 radical (unpaired) electrons. The summed E-state index contributed by atoms with van der Waals surface area (Å²) in [5.41, 5.74) is 0.698. The number of amides is 2. The zero-order chi connectivity index (χ0) is 20.3. The highest BCUT2D eigenvalue weighted by Crippen LogP contribution is 2.52. The van der Waals surface area contributed by atoms with Crippen molar-refractivity contribution in [2.24, 2.45) is 17.8 Å². The van der Waals surface area contributed by atoms with E-state index in [0.717, 1.165) is 16.6 Å². The Labute approximate surface area is 164 Å². The van der Waals surface area contributed by atoms with Crippen LogP contribution in [-0.4, -0.2) is 45.8 Å². The highest BCUT2D eigenvalue weighted by molar-refractivity contribution is 5.86. The maximum absolute atomic E-state index is 12.9. The number of rotatable bonds is 3. The van der Waals surface area contributed by atoms with E-state index in [9.17, 15) is 9.59 Å². The molecule has 2 heterocycles. The summed E-state index contributed by atoms with van der Waals surface area (Å²) in [4.78, 5) is 26.8. The summed E-state index contributed by atoms with van der Waals surface area (Å²) in [6.07, 6.45) is -0.290. The molecule has 28 heavy (non-hydrogen) atoms. The van der Waals surface area contributed by atoms with Gasteiger partial charge >= 0.3 is 6.09 Å². The average Bonchev–Trinajstić information content (AvgIpc) is 2.96. The third-order valence-corrected chi connectivity index (χ3v) is 5.65. The second-order valence-corrected chi connectivity index (χ2v) is 9.47. The summed E-state index contributed by atoms with van der Waals surface area (Å²) in [5, 5.41) is 11.6. The normalized spacial score (nSPS) is 24.2. The number of aromatic nitrogens is 2. The Kier molecular flexibility index (Phi) is 4.17. The van der Waals surface area contributed by atoms with E-state index < -0.39 is 11.1 Å². The molecular weight excluding hydrogens is 356 g/mol. The van der Waals surface area contributed by atoms with Gasteiger partial charge in [-0.1, -0.05) is 18.2 Å². The Morgan fingerprint density at radius 3 is 2.43 bits per heavy atom.